The van der Waals surface area contributed by atoms with Crippen molar-refractivity contribution in [1.82, 2.24) is 0 Å². The van der Waals surface area contributed by atoms with Crippen LogP contribution in [0.3, 0.4) is 0 Å². The third kappa shape index (κ3) is 1.94. The van der Waals surface area contributed by atoms with Gasteiger partial charge in [0, 0.05) is 6.04 Å². The van der Waals surface area contributed by atoms with Gasteiger partial charge in [0.25, 0.3) is 0 Å². The molecule has 0 saturated carbocycles. The zero-order chi connectivity index (χ0) is 8.32. The molecule has 1 saturated heterocycles. The van der Waals surface area contributed by atoms with E-state index in [1.165, 1.54) is 12.8 Å². The maximum atomic E-state index is 5.99. The van der Waals surface area contributed by atoms with Crippen molar-refractivity contribution in [2.24, 2.45) is 5.73 Å². The first-order valence-corrected chi connectivity index (χ1v) is 4.64. The van der Waals surface area contributed by atoms with E-state index < -0.39 is 0 Å². The average Bonchev–Trinajstić information content (AvgIpc) is 2.80. The van der Waals surface area contributed by atoms with Crippen LogP contribution in [-0.2, 0) is 4.74 Å². The van der Waals surface area contributed by atoms with Gasteiger partial charge >= 0.3 is 0 Å². The molecule has 0 amide bonds. The third-order valence-electron chi connectivity index (χ3n) is 2.66. The van der Waals surface area contributed by atoms with Gasteiger partial charge in [-0.2, -0.15) is 0 Å². The second-order valence-electron chi connectivity index (χ2n) is 3.46. The summed E-state index contributed by atoms with van der Waals surface area (Å²) in [4.78, 5) is 0. The van der Waals surface area contributed by atoms with Gasteiger partial charge in [0.15, 0.2) is 0 Å². The Labute approximate surface area is 69.1 Å². The summed E-state index contributed by atoms with van der Waals surface area (Å²) in [6.07, 6.45) is 4.64. The molecule has 2 N–H and O–H groups in total. The Hall–Kier alpha value is -0.0800. The number of unbranched alkanes of at least 4 members (excludes halogenated alkanes) is 1. The quantitative estimate of drug-likeness (QED) is 0.617. The van der Waals surface area contributed by atoms with E-state index in [0.29, 0.717) is 0 Å². The number of nitrogens with two attached hydrogens (primary N) is 1. The summed E-state index contributed by atoms with van der Waals surface area (Å²) in [5.41, 5.74) is 6.06. The zero-order valence-electron chi connectivity index (χ0n) is 7.60. The van der Waals surface area contributed by atoms with Crippen molar-refractivity contribution in [2.45, 2.75) is 51.2 Å². The monoisotopic (exact) mass is 157 g/mol. The highest BCUT2D eigenvalue weighted by Gasteiger charge is 2.47. The lowest BCUT2D eigenvalue weighted by molar-refractivity contribution is 0.246. The Balaban J connectivity index is 2.23. The summed E-state index contributed by atoms with van der Waals surface area (Å²) in [6, 6.07) is 0.271. The molecule has 2 atom stereocenters. The molecule has 0 bridgehead atoms. The average molecular weight is 157 g/mol. The van der Waals surface area contributed by atoms with Crippen molar-refractivity contribution in [1.29, 1.82) is 0 Å². The maximum Gasteiger partial charge on any atom is 0.106 e. The predicted molar refractivity (Wildman–Crippen MR) is 46.5 cm³/mol. The SMILES string of the molecule is CCCCC(N)C1(CC)CO1. The smallest absolute Gasteiger partial charge is 0.106 e. The zero-order valence-corrected chi connectivity index (χ0v) is 7.60. The molecule has 1 rings (SSSR count). The lowest BCUT2D eigenvalue weighted by Gasteiger charge is -2.17. The van der Waals surface area contributed by atoms with Crippen molar-refractivity contribution in [3.8, 4) is 0 Å². The van der Waals surface area contributed by atoms with Gasteiger partial charge in [0.1, 0.15) is 5.60 Å². The van der Waals surface area contributed by atoms with Gasteiger partial charge in [-0.25, -0.2) is 0 Å². The van der Waals surface area contributed by atoms with Crippen LogP contribution in [-0.4, -0.2) is 18.2 Å². The lowest BCUT2D eigenvalue weighted by atomic mass is 9.94. The van der Waals surface area contributed by atoms with Crippen LogP contribution in [0.5, 0.6) is 0 Å². The minimum Gasteiger partial charge on any atom is -0.368 e. The molecule has 0 aromatic rings. The highest BCUT2D eigenvalue weighted by molar-refractivity contribution is 4.99. The van der Waals surface area contributed by atoms with E-state index in [1.807, 2.05) is 0 Å². The van der Waals surface area contributed by atoms with Crippen molar-refractivity contribution >= 4 is 0 Å². The number of ether oxygens (including phenoxy) is 1. The number of hydrogen-bond acceptors (Lipinski definition) is 2. The normalized spacial score (nSPS) is 31.9. The summed E-state index contributed by atoms with van der Waals surface area (Å²) in [7, 11) is 0. The van der Waals surface area contributed by atoms with Crippen molar-refractivity contribution in [3.05, 3.63) is 0 Å². The van der Waals surface area contributed by atoms with Crippen LogP contribution >= 0.6 is 0 Å². The minimum atomic E-state index is 0.0785. The van der Waals surface area contributed by atoms with Gasteiger partial charge in [-0.05, 0) is 12.8 Å². The fourth-order valence-electron chi connectivity index (χ4n) is 1.46. The molecule has 2 nitrogen and oxygen atoms in total. The Morgan fingerprint density at radius 1 is 1.55 bits per heavy atom. The van der Waals surface area contributed by atoms with Crippen LogP contribution in [0.15, 0.2) is 0 Å². The summed E-state index contributed by atoms with van der Waals surface area (Å²) in [5.74, 6) is 0. The molecule has 0 aliphatic carbocycles. The fourth-order valence-corrected chi connectivity index (χ4v) is 1.46. The molecule has 0 spiro atoms. The van der Waals surface area contributed by atoms with Crippen LogP contribution in [0.25, 0.3) is 0 Å². The molecule has 2 unspecified atom stereocenters. The van der Waals surface area contributed by atoms with E-state index >= 15 is 0 Å². The molecule has 11 heavy (non-hydrogen) atoms. The van der Waals surface area contributed by atoms with Crippen LogP contribution in [0.4, 0.5) is 0 Å². The van der Waals surface area contributed by atoms with Gasteiger partial charge in [-0.1, -0.05) is 26.7 Å². The molecule has 1 aliphatic heterocycles. The first kappa shape index (κ1) is 9.01. The van der Waals surface area contributed by atoms with Crippen LogP contribution in [0.2, 0.25) is 0 Å². The standard InChI is InChI=1S/C9H19NO/c1-3-5-6-8(10)9(4-2)7-11-9/h8H,3-7,10H2,1-2H3. The van der Waals surface area contributed by atoms with Crippen LogP contribution in [0, 0.1) is 0 Å². The first-order valence-electron chi connectivity index (χ1n) is 4.64. The highest BCUT2D eigenvalue weighted by atomic mass is 16.6. The van der Waals surface area contributed by atoms with E-state index in [4.69, 9.17) is 10.5 Å². The van der Waals surface area contributed by atoms with Crippen LogP contribution in [0.1, 0.15) is 39.5 Å². The van der Waals surface area contributed by atoms with E-state index in [0.717, 1.165) is 19.4 Å². The number of hydrogen-bond donors (Lipinski definition) is 1. The molecule has 2 heteroatoms. The minimum absolute atomic E-state index is 0.0785. The van der Waals surface area contributed by atoms with Gasteiger partial charge in [0.05, 0.1) is 6.61 Å². The molecule has 0 aromatic carbocycles. The van der Waals surface area contributed by atoms with Crippen molar-refractivity contribution in [2.75, 3.05) is 6.61 Å². The topological polar surface area (TPSA) is 38.5 Å². The second-order valence-corrected chi connectivity index (χ2v) is 3.46. The van der Waals surface area contributed by atoms with E-state index in [9.17, 15) is 0 Å². The molecule has 1 aliphatic rings. The fraction of sp³-hybridized carbons (Fsp3) is 1.00. The van der Waals surface area contributed by atoms with Crippen molar-refractivity contribution < 1.29 is 4.74 Å². The number of rotatable bonds is 5. The predicted octanol–water partition coefficient (Wildman–Crippen LogP) is 1.68. The Morgan fingerprint density at radius 3 is 2.55 bits per heavy atom. The van der Waals surface area contributed by atoms with Gasteiger partial charge < -0.3 is 10.5 Å². The lowest BCUT2D eigenvalue weighted by Crippen LogP contribution is -2.37. The first-order chi connectivity index (χ1) is 5.25. The molecule has 66 valence electrons. The summed E-state index contributed by atoms with van der Waals surface area (Å²) in [6.45, 7) is 5.23. The molecule has 0 aromatic heterocycles. The maximum absolute atomic E-state index is 5.99. The molecule has 0 radical (unpaired) electrons. The molecule has 1 fully saturated rings. The summed E-state index contributed by atoms with van der Waals surface area (Å²) >= 11 is 0. The van der Waals surface area contributed by atoms with Gasteiger partial charge in [-0.3, -0.25) is 0 Å². The highest BCUT2D eigenvalue weighted by Crippen LogP contribution is 2.35. The van der Waals surface area contributed by atoms with Gasteiger partial charge in [0.2, 0.25) is 0 Å². The second kappa shape index (κ2) is 3.55. The Bertz CT molecular complexity index is 121. The van der Waals surface area contributed by atoms with Crippen LogP contribution < -0.4 is 5.73 Å². The van der Waals surface area contributed by atoms with E-state index in [-0.39, 0.29) is 11.6 Å². The molecular formula is C9H19NO. The third-order valence-corrected chi connectivity index (χ3v) is 2.66. The van der Waals surface area contributed by atoms with Crippen molar-refractivity contribution in [3.63, 3.8) is 0 Å². The summed E-state index contributed by atoms with van der Waals surface area (Å²) < 4.78 is 5.38. The van der Waals surface area contributed by atoms with Gasteiger partial charge in [-0.15, -0.1) is 0 Å². The Morgan fingerprint density at radius 2 is 2.18 bits per heavy atom. The molecular weight excluding hydrogens is 138 g/mol. The Kier molecular flexibility index (Phi) is 2.90. The molecule has 1 heterocycles. The van der Waals surface area contributed by atoms with E-state index in [1.54, 1.807) is 0 Å². The number of epoxide rings is 1. The van der Waals surface area contributed by atoms with E-state index in [2.05, 4.69) is 13.8 Å². The summed E-state index contributed by atoms with van der Waals surface area (Å²) in [5, 5.41) is 0. The largest absolute Gasteiger partial charge is 0.368 e.